The van der Waals surface area contributed by atoms with Crippen molar-refractivity contribution < 1.29 is 14.2 Å². The minimum absolute atomic E-state index is 0.344. The molecule has 0 aliphatic heterocycles. The van der Waals surface area contributed by atoms with E-state index in [1.165, 1.54) is 0 Å². The summed E-state index contributed by atoms with van der Waals surface area (Å²) >= 11 is 4.29. The molecule has 4 heteroatoms. The first kappa shape index (κ1) is 13.0. The molecule has 1 unspecified atom stereocenters. The van der Waals surface area contributed by atoms with Gasteiger partial charge in [-0.25, -0.2) is 0 Å². The molecule has 0 bridgehead atoms. The van der Waals surface area contributed by atoms with Gasteiger partial charge in [0.05, 0.1) is 21.3 Å². The van der Waals surface area contributed by atoms with E-state index in [2.05, 4.69) is 19.6 Å². The summed E-state index contributed by atoms with van der Waals surface area (Å²) in [6, 6.07) is 3.92. The first-order valence-corrected chi connectivity index (χ1v) is 5.71. The van der Waals surface area contributed by atoms with Gasteiger partial charge in [0.1, 0.15) is 0 Å². The second kappa shape index (κ2) is 5.89. The fourth-order valence-corrected chi connectivity index (χ4v) is 1.70. The van der Waals surface area contributed by atoms with Crippen molar-refractivity contribution in [2.45, 2.75) is 12.8 Å². The van der Waals surface area contributed by atoms with E-state index < -0.39 is 0 Å². The van der Waals surface area contributed by atoms with E-state index in [1.54, 1.807) is 21.3 Å². The highest BCUT2D eigenvalue weighted by Gasteiger charge is 2.15. The third-order valence-electron chi connectivity index (χ3n) is 2.53. The predicted octanol–water partition coefficient (Wildman–Crippen LogP) is 2.75. The molecular formula is C12H18O3S. The Morgan fingerprint density at radius 3 is 1.88 bits per heavy atom. The van der Waals surface area contributed by atoms with Gasteiger partial charge in [-0.15, -0.1) is 0 Å². The minimum atomic E-state index is 0.344. The van der Waals surface area contributed by atoms with Crippen LogP contribution < -0.4 is 14.2 Å². The Balaban J connectivity index is 3.25. The molecule has 1 aromatic carbocycles. The third-order valence-corrected chi connectivity index (χ3v) is 3.08. The molecule has 0 amide bonds. The van der Waals surface area contributed by atoms with Crippen molar-refractivity contribution in [1.29, 1.82) is 0 Å². The molecule has 0 heterocycles. The van der Waals surface area contributed by atoms with Crippen LogP contribution in [0, 0.1) is 0 Å². The lowest BCUT2D eigenvalue weighted by atomic mass is 10.0. The van der Waals surface area contributed by atoms with Gasteiger partial charge in [-0.05, 0) is 29.4 Å². The number of ether oxygens (including phenoxy) is 3. The predicted molar refractivity (Wildman–Crippen MR) is 68.4 cm³/mol. The van der Waals surface area contributed by atoms with Crippen LogP contribution in [0.4, 0.5) is 0 Å². The second-order valence-electron chi connectivity index (χ2n) is 3.54. The van der Waals surface area contributed by atoms with Crippen molar-refractivity contribution in [2.75, 3.05) is 27.1 Å². The van der Waals surface area contributed by atoms with Crippen molar-refractivity contribution in [2.24, 2.45) is 0 Å². The fourth-order valence-electron chi connectivity index (χ4n) is 1.49. The summed E-state index contributed by atoms with van der Waals surface area (Å²) in [4.78, 5) is 0. The van der Waals surface area contributed by atoms with Crippen LogP contribution in [0.15, 0.2) is 12.1 Å². The first-order chi connectivity index (χ1) is 7.67. The molecule has 90 valence electrons. The Morgan fingerprint density at radius 2 is 1.56 bits per heavy atom. The molecule has 1 rings (SSSR count). The number of hydrogen-bond acceptors (Lipinski definition) is 4. The van der Waals surface area contributed by atoms with Crippen LogP contribution in [-0.2, 0) is 0 Å². The zero-order valence-electron chi connectivity index (χ0n) is 10.1. The maximum absolute atomic E-state index is 5.28. The number of benzene rings is 1. The molecule has 0 aromatic heterocycles. The lowest BCUT2D eigenvalue weighted by Crippen LogP contribution is -2.00. The standard InChI is InChI=1S/C12H18O3S/c1-8(7-16)9-5-10(13-2)12(15-4)11(6-9)14-3/h5-6,8,16H,7H2,1-4H3. The Kier molecular flexibility index (Phi) is 4.80. The monoisotopic (exact) mass is 242 g/mol. The van der Waals surface area contributed by atoms with Crippen LogP contribution in [0.1, 0.15) is 18.4 Å². The topological polar surface area (TPSA) is 27.7 Å². The van der Waals surface area contributed by atoms with E-state index in [0.717, 1.165) is 11.3 Å². The molecule has 16 heavy (non-hydrogen) atoms. The Morgan fingerprint density at radius 1 is 1.06 bits per heavy atom. The summed E-state index contributed by atoms with van der Waals surface area (Å²) < 4.78 is 15.8. The van der Waals surface area contributed by atoms with Crippen LogP contribution in [-0.4, -0.2) is 27.1 Å². The largest absolute Gasteiger partial charge is 0.493 e. The Bertz CT molecular complexity index is 327. The summed E-state index contributed by atoms with van der Waals surface area (Å²) in [5, 5.41) is 0. The first-order valence-electron chi connectivity index (χ1n) is 5.08. The van der Waals surface area contributed by atoms with Crippen LogP contribution in [0.3, 0.4) is 0 Å². The molecule has 1 atom stereocenters. The van der Waals surface area contributed by atoms with Gasteiger partial charge >= 0.3 is 0 Å². The van der Waals surface area contributed by atoms with Crippen LogP contribution >= 0.6 is 12.6 Å². The van der Waals surface area contributed by atoms with Gasteiger partial charge in [0.15, 0.2) is 11.5 Å². The zero-order chi connectivity index (χ0) is 12.1. The molecule has 0 N–H and O–H groups in total. The molecule has 0 spiro atoms. The van der Waals surface area contributed by atoms with Gasteiger partial charge in [0.25, 0.3) is 0 Å². The molecule has 0 saturated heterocycles. The number of thiol groups is 1. The summed E-state index contributed by atoms with van der Waals surface area (Å²) in [7, 11) is 4.83. The number of methoxy groups -OCH3 is 3. The van der Waals surface area contributed by atoms with E-state index >= 15 is 0 Å². The number of rotatable bonds is 5. The molecule has 0 saturated carbocycles. The van der Waals surface area contributed by atoms with E-state index in [9.17, 15) is 0 Å². The highest BCUT2D eigenvalue weighted by Crippen LogP contribution is 2.40. The maximum Gasteiger partial charge on any atom is 0.203 e. The van der Waals surface area contributed by atoms with E-state index in [-0.39, 0.29) is 0 Å². The van der Waals surface area contributed by atoms with Crippen molar-refractivity contribution in [3.05, 3.63) is 17.7 Å². The fraction of sp³-hybridized carbons (Fsp3) is 0.500. The van der Waals surface area contributed by atoms with Crippen LogP contribution in [0.2, 0.25) is 0 Å². The third kappa shape index (κ3) is 2.55. The lowest BCUT2D eigenvalue weighted by molar-refractivity contribution is 0.323. The van der Waals surface area contributed by atoms with Gasteiger partial charge in [0.2, 0.25) is 5.75 Å². The van der Waals surface area contributed by atoms with Crippen molar-refractivity contribution in [1.82, 2.24) is 0 Å². The quantitative estimate of drug-likeness (QED) is 0.805. The zero-order valence-corrected chi connectivity index (χ0v) is 11.0. The van der Waals surface area contributed by atoms with E-state index in [1.807, 2.05) is 12.1 Å². The van der Waals surface area contributed by atoms with Gasteiger partial charge in [-0.1, -0.05) is 6.92 Å². The summed E-state index contributed by atoms with van der Waals surface area (Å²) in [5.74, 6) is 3.12. The van der Waals surface area contributed by atoms with Gasteiger partial charge in [-0.2, -0.15) is 12.6 Å². The van der Waals surface area contributed by atoms with E-state index in [0.29, 0.717) is 23.2 Å². The number of hydrogen-bond donors (Lipinski definition) is 1. The SMILES string of the molecule is COc1cc(C(C)CS)cc(OC)c1OC. The molecule has 0 fully saturated rings. The Hall–Kier alpha value is -1.03. The normalized spacial score (nSPS) is 12.1. The summed E-state index contributed by atoms with van der Waals surface area (Å²) in [5.41, 5.74) is 1.13. The molecule has 0 aliphatic carbocycles. The molecule has 0 aliphatic rings. The minimum Gasteiger partial charge on any atom is -0.493 e. The van der Waals surface area contributed by atoms with Gasteiger partial charge in [0, 0.05) is 0 Å². The average molecular weight is 242 g/mol. The molecule has 3 nitrogen and oxygen atoms in total. The smallest absolute Gasteiger partial charge is 0.203 e. The summed E-state index contributed by atoms with van der Waals surface area (Å²) in [6.07, 6.45) is 0. The maximum atomic E-state index is 5.28. The molecular weight excluding hydrogens is 224 g/mol. The van der Waals surface area contributed by atoms with Crippen molar-refractivity contribution in [3.63, 3.8) is 0 Å². The van der Waals surface area contributed by atoms with E-state index in [4.69, 9.17) is 14.2 Å². The lowest BCUT2D eigenvalue weighted by Gasteiger charge is -2.16. The Labute approximate surface area is 102 Å². The van der Waals surface area contributed by atoms with Gasteiger partial charge < -0.3 is 14.2 Å². The highest BCUT2D eigenvalue weighted by molar-refractivity contribution is 7.80. The highest BCUT2D eigenvalue weighted by atomic mass is 32.1. The average Bonchev–Trinajstić information content (AvgIpc) is 2.35. The molecule has 0 radical (unpaired) electrons. The summed E-state index contributed by atoms with van der Waals surface area (Å²) in [6.45, 7) is 2.10. The van der Waals surface area contributed by atoms with Crippen molar-refractivity contribution in [3.8, 4) is 17.2 Å². The van der Waals surface area contributed by atoms with Crippen LogP contribution in [0.25, 0.3) is 0 Å². The second-order valence-corrected chi connectivity index (χ2v) is 3.91. The van der Waals surface area contributed by atoms with Gasteiger partial charge in [-0.3, -0.25) is 0 Å². The molecule has 1 aromatic rings. The van der Waals surface area contributed by atoms with Crippen molar-refractivity contribution >= 4 is 12.6 Å². The van der Waals surface area contributed by atoms with Crippen LogP contribution in [0.5, 0.6) is 17.2 Å².